The van der Waals surface area contributed by atoms with E-state index < -0.39 is 0 Å². The lowest BCUT2D eigenvalue weighted by Crippen LogP contribution is -2.34. The van der Waals surface area contributed by atoms with Crippen LogP contribution < -0.4 is 9.64 Å². The van der Waals surface area contributed by atoms with E-state index in [9.17, 15) is 0 Å². The zero-order chi connectivity index (χ0) is 17.5. The predicted molar refractivity (Wildman–Crippen MR) is 95.6 cm³/mol. The van der Waals surface area contributed by atoms with Gasteiger partial charge < -0.3 is 9.64 Å². The van der Waals surface area contributed by atoms with Crippen LogP contribution in [0.1, 0.15) is 42.3 Å². The largest absolute Gasteiger partial charge is 0.480 e. The van der Waals surface area contributed by atoms with Crippen LogP contribution in [-0.2, 0) is 12.8 Å². The van der Waals surface area contributed by atoms with Gasteiger partial charge in [-0.3, -0.25) is 0 Å². The second-order valence-electron chi connectivity index (χ2n) is 6.99. The fourth-order valence-corrected chi connectivity index (χ4v) is 3.99. The van der Waals surface area contributed by atoms with Gasteiger partial charge in [0.15, 0.2) is 17.3 Å². The first-order valence-electron chi connectivity index (χ1n) is 9.18. The van der Waals surface area contributed by atoms with Crippen LogP contribution in [0.5, 0.6) is 5.88 Å². The molecule has 3 aromatic rings. The Bertz CT molecular complexity index is 946. The van der Waals surface area contributed by atoms with Crippen molar-refractivity contribution in [2.24, 2.45) is 0 Å². The van der Waals surface area contributed by atoms with Gasteiger partial charge in [0, 0.05) is 25.1 Å². The van der Waals surface area contributed by atoms with Crippen LogP contribution in [0.15, 0.2) is 18.2 Å². The van der Waals surface area contributed by atoms with E-state index in [0.29, 0.717) is 11.8 Å². The monoisotopic (exact) mass is 351 g/mol. The minimum Gasteiger partial charge on any atom is -0.480 e. The van der Waals surface area contributed by atoms with Crippen molar-refractivity contribution in [3.05, 3.63) is 35.3 Å². The van der Waals surface area contributed by atoms with Crippen LogP contribution in [0.4, 0.5) is 5.82 Å². The van der Waals surface area contributed by atoms with Crippen molar-refractivity contribution in [1.29, 1.82) is 0 Å². The first-order chi connectivity index (χ1) is 12.8. The fraction of sp³-hybridized carbons (Fsp3) is 0.500. The van der Waals surface area contributed by atoms with Gasteiger partial charge in [-0.1, -0.05) is 0 Å². The van der Waals surface area contributed by atoms with E-state index in [1.807, 2.05) is 16.6 Å². The van der Waals surface area contributed by atoms with Crippen molar-refractivity contribution >= 4 is 11.5 Å². The molecule has 0 N–H and O–H groups in total. The van der Waals surface area contributed by atoms with Crippen molar-refractivity contribution in [1.82, 2.24) is 30.0 Å². The standard InChI is InChI=1S/C18H21N7O/c1-26-17-6-5-15-20-22-18(25(15)23-17)12-7-9-24(10-8-12)16-11-13-3-2-4-14(13)19-21-16/h5-6,11-12H,2-4,7-10H2,1H3. The molecule has 0 unspecified atom stereocenters. The molecule has 2 aliphatic rings. The summed E-state index contributed by atoms with van der Waals surface area (Å²) in [5, 5.41) is 22.0. The topological polar surface area (TPSA) is 81.3 Å². The summed E-state index contributed by atoms with van der Waals surface area (Å²) >= 11 is 0. The number of aromatic nitrogens is 6. The molecule has 26 heavy (non-hydrogen) atoms. The number of hydrogen-bond acceptors (Lipinski definition) is 7. The Hall–Kier alpha value is -2.77. The Morgan fingerprint density at radius 2 is 1.92 bits per heavy atom. The summed E-state index contributed by atoms with van der Waals surface area (Å²) in [7, 11) is 1.62. The smallest absolute Gasteiger partial charge is 0.231 e. The van der Waals surface area contributed by atoms with Crippen molar-refractivity contribution in [3.63, 3.8) is 0 Å². The van der Waals surface area contributed by atoms with E-state index in [0.717, 1.165) is 56.1 Å². The number of hydrogen-bond donors (Lipinski definition) is 0. The number of nitrogens with zero attached hydrogens (tertiary/aromatic N) is 7. The summed E-state index contributed by atoms with van der Waals surface area (Å²) < 4.78 is 7.05. The van der Waals surface area contributed by atoms with Crippen LogP contribution in [0, 0.1) is 0 Å². The van der Waals surface area contributed by atoms with Crippen LogP contribution in [0.25, 0.3) is 5.65 Å². The highest BCUT2D eigenvalue weighted by atomic mass is 16.5. The molecule has 8 heteroatoms. The van der Waals surface area contributed by atoms with Gasteiger partial charge in [-0.2, -0.15) is 9.61 Å². The lowest BCUT2D eigenvalue weighted by atomic mass is 9.96. The lowest BCUT2D eigenvalue weighted by Gasteiger charge is -2.31. The Kier molecular flexibility index (Phi) is 3.69. The van der Waals surface area contributed by atoms with Gasteiger partial charge in [-0.25, -0.2) is 0 Å². The van der Waals surface area contributed by atoms with Crippen LogP contribution in [0.2, 0.25) is 0 Å². The Balaban J connectivity index is 1.34. The molecular formula is C18H21N7O. The molecule has 0 radical (unpaired) electrons. The van der Waals surface area contributed by atoms with Crippen LogP contribution in [-0.4, -0.2) is 50.2 Å². The van der Waals surface area contributed by atoms with Crippen molar-refractivity contribution in [2.45, 2.75) is 38.0 Å². The van der Waals surface area contributed by atoms with Crippen LogP contribution in [0.3, 0.4) is 0 Å². The maximum atomic E-state index is 5.23. The normalized spacial score (nSPS) is 17.7. The van der Waals surface area contributed by atoms with Gasteiger partial charge in [-0.15, -0.1) is 20.4 Å². The molecule has 0 bridgehead atoms. The molecule has 1 fully saturated rings. The molecule has 3 aromatic heterocycles. The zero-order valence-electron chi connectivity index (χ0n) is 14.8. The molecule has 1 saturated heterocycles. The first kappa shape index (κ1) is 15.5. The third-order valence-corrected chi connectivity index (χ3v) is 5.46. The number of methoxy groups -OCH3 is 1. The summed E-state index contributed by atoms with van der Waals surface area (Å²) in [6.45, 7) is 1.88. The fourth-order valence-electron chi connectivity index (χ4n) is 3.99. The Labute approximate surface area is 151 Å². The van der Waals surface area contributed by atoms with Gasteiger partial charge in [0.25, 0.3) is 0 Å². The summed E-state index contributed by atoms with van der Waals surface area (Å²) in [4.78, 5) is 2.33. The molecule has 8 nitrogen and oxygen atoms in total. The van der Waals surface area contributed by atoms with Gasteiger partial charge in [-0.05, 0) is 49.8 Å². The van der Waals surface area contributed by atoms with Crippen molar-refractivity contribution in [3.8, 4) is 5.88 Å². The van der Waals surface area contributed by atoms with E-state index >= 15 is 0 Å². The molecule has 1 aliphatic carbocycles. The maximum absolute atomic E-state index is 5.23. The van der Waals surface area contributed by atoms with Crippen molar-refractivity contribution in [2.75, 3.05) is 25.1 Å². The van der Waals surface area contributed by atoms with E-state index in [4.69, 9.17) is 4.74 Å². The molecule has 1 aliphatic heterocycles. The minimum atomic E-state index is 0.336. The second-order valence-corrected chi connectivity index (χ2v) is 6.99. The molecule has 0 spiro atoms. The van der Waals surface area contributed by atoms with Gasteiger partial charge in [0.1, 0.15) is 0 Å². The number of anilines is 1. The molecular weight excluding hydrogens is 330 g/mol. The molecule has 4 heterocycles. The highest BCUT2D eigenvalue weighted by Gasteiger charge is 2.27. The minimum absolute atomic E-state index is 0.336. The number of aryl methyl sites for hydroxylation is 2. The highest BCUT2D eigenvalue weighted by Crippen LogP contribution is 2.30. The third-order valence-electron chi connectivity index (χ3n) is 5.46. The molecule has 0 saturated carbocycles. The van der Waals surface area contributed by atoms with Gasteiger partial charge >= 0.3 is 0 Å². The van der Waals surface area contributed by atoms with E-state index in [1.54, 1.807) is 7.11 Å². The lowest BCUT2D eigenvalue weighted by molar-refractivity contribution is 0.386. The maximum Gasteiger partial charge on any atom is 0.231 e. The molecule has 0 amide bonds. The van der Waals surface area contributed by atoms with Crippen molar-refractivity contribution < 1.29 is 4.74 Å². The quantitative estimate of drug-likeness (QED) is 0.711. The second kappa shape index (κ2) is 6.19. The van der Waals surface area contributed by atoms with E-state index in [2.05, 4.69) is 36.5 Å². The predicted octanol–water partition coefficient (Wildman–Crippen LogP) is 1.80. The highest BCUT2D eigenvalue weighted by molar-refractivity contribution is 5.43. The summed E-state index contributed by atoms with van der Waals surface area (Å²) in [6, 6.07) is 5.93. The Morgan fingerprint density at radius 3 is 2.77 bits per heavy atom. The van der Waals surface area contributed by atoms with Gasteiger partial charge in [0.2, 0.25) is 5.88 Å². The summed E-state index contributed by atoms with van der Waals surface area (Å²) in [6.07, 6.45) is 5.40. The van der Waals surface area contributed by atoms with E-state index in [1.165, 1.54) is 17.7 Å². The number of fused-ring (bicyclic) bond motifs is 2. The Morgan fingerprint density at radius 1 is 1.04 bits per heavy atom. The third kappa shape index (κ3) is 2.56. The molecule has 0 aromatic carbocycles. The average molecular weight is 351 g/mol. The average Bonchev–Trinajstić information content (AvgIpc) is 3.33. The van der Waals surface area contributed by atoms with Crippen LogP contribution >= 0.6 is 0 Å². The number of piperidine rings is 1. The van der Waals surface area contributed by atoms with E-state index in [-0.39, 0.29) is 0 Å². The number of rotatable bonds is 3. The molecule has 0 atom stereocenters. The SMILES string of the molecule is COc1ccc2nnc(C3CCN(c4cc5c(nn4)CCC5)CC3)n2n1. The number of ether oxygens (including phenoxy) is 1. The molecule has 5 rings (SSSR count). The zero-order valence-corrected chi connectivity index (χ0v) is 14.8. The summed E-state index contributed by atoms with van der Waals surface area (Å²) in [5.74, 6) is 2.83. The summed E-state index contributed by atoms with van der Waals surface area (Å²) in [5.41, 5.74) is 3.31. The molecule has 134 valence electrons. The van der Waals surface area contributed by atoms with Gasteiger partial charge in [0.05, 0.1) is 12.8 Å². The first-order valence-corrected chi connectivity index (χ1v) is 9.18.